The highest BCUT2D eigenvalue weighted by atomic mass is 15.0. The molecule has 3 rings (SSSR count). The van der Waals surface area contributed by atoms with Gasteiger partial charge in [0.15, 0.2) is 5.84 Å². The number of para-hydroxylation sites is 2. The lowest BCUT2D eigenvalue weighted by atomic mass is 10.3. The predicted molar refractivity (Wildman–Crippen MR) is 88.9 cm³/mol. The molecule has 4 nitrogen and oxygen atoms in total. The predicted octanol–water partition coefficient (Wildman–Crippen LogP) is 3.64. The van der Waals surface area contributed by atoms with Gasteiger partial charge in [0.05, 0.1) is 36.1 Å². The molecule has 0 aliphatic carbocycles. The van der Waals surface area contributed by atoms with Crippen LogP contribution in [0.5, 0.6) is 0 Å². The standard InChI is InChI=1S/C17H14N4/c1-3-7-14(8-4-1)18-11-16-12-20-17(21-16)13-19-15-9-5-2-6-10-15/h1-11,13H,12H2. The van der Waals surface area contributed by atoms with Gasteiger partial charge < -0.3 is 0 Å². The lowest BCUT2D eigenvalue weighted by Gasteiger charge is -1.91. The van der Waals surface area contributed by atoms with Gasteiger partial charge in [-0.3, -0.25) is 15.0 Å². The quantitative estimate of drug-likeness (QED) is 0.764. The van der Waals surface area contributed by atoms with E-state index in [1.54, 1.807) is 12.4 Å². The highest BCUT2D eigenvalue weighted by molar-refractivity contribution is 6.43. The number of rotatable bonds is 4. The van der Waals surface area contributed by atoms with Crippen LogP contribution in [0.15, 0.2) is 80.6 Å². The zero-order valence-electron chi connectivity index (χ0n) is 11.4. The van der Waals surface area contributed by atoms with Crippen LogP contribution in [-0.2, 0) is 0 Å². The van der Waals surface area contributed by atoms with Crippen LogP contribution in [0, 0.1) is 0 Å². The third-order valence-corrected chi connectivity index (χ3v) is 2.87. The van der Waals surface area contributed by atoms with Crippen LogP contribution in [0.2, 0.25) is 0 Å². The van der Waals surface area contributed by atoms with Crippen LogP contribution in [-0.4, -0.2) is 30.5 Å². The molecule has 0 spiro atoms. The first kappa shape index (κ1) is 13.1. The van der Waals surface area contributed by atoms with E-state index in [9.17, 15) is 0 Å². The average molecular weight is 274 g/mol. The Hall–Kier alpha value is -2.88. The Morgan fingerprint density at radius 1 is 0.762 bits per heavy atom. The van der Waals surface area contributed by atoms with Gasteiger partial charge in [0, 0.05) is 0 Å². The molecule has 0 saturated heterocycles. The minimum absolute atomic E-state index is 0.548. The number of amidine groups is 1. The lowest BCUT2D eigenvalue weighted by Crippen LogP contribution is -2.00. The molecule has 21 heavy (non-hydrogen) atoms. The molecule has 0 unspecified atom stereocenters. The summed E-state index contributed by atoms with van der Waals surface area (Å²) in [5.41, 5.74) is 2.64. The topological polar surface area (TPSA) is 49.4 Å². The number of hydrogen-bond donors (Lipinski definition) is 0. The van der Waals surface area contributed by atoms with E-state index < -0.39 is 0 Å². The van der Waals surface area contributed by atoms with E-state index in [1.807, 2.05) is 60.7 Å². The summed E-state index contributed by atoms with van der Waals surface area (Å²) >= 11 is 0. The number of hydrogen-bond acceptors (Lipinski definition) is 4. The lowest BCUT2D eigenvalue weighted by molar-refractivity contribution is 1.36. The molecule has 0 fully saturated rings. The summed E-state index contributed by atoms with van der Waals surface area (Å²) in [6.07, 6.45) is 3.43. The molecule has 1 aliphatic heterocycles. The average Bonchev–Trinajstić information content (AvgIpc) is 3.01. The second-order valence-corrected chi connectivity index (χ2v) is 4.47. The van der Waals surface area contributed by atoms with Crippen molar-refractivity contribution in [1.29, 1.82) is 0 Å². The maximum absolute atomic E-state index is 4.39. The third kappa shape index (κ3) is 3.79. The van der Waals surface area contributed by atoms with Gasteiger partial charge in [-0.05, 0) is 24.3 Å². The minimum atomic E-state index is 0.548. The van der Waals surface area contributed by atoms with E-state index >= 15 is 0 Å². The van der Waals surface area contributed by atoms with Crippen LogP contribution in [0.25, 0.3) is 0 Å². The monoisotopic (exact) mass is 274 g/mol. The summed E-state index contributed by atoms with van der Waals surface area (Å²) in [5.74, 6) is 0.633. The Labute approximate surface area is 123 Å². The Balaban J connectivity index is 1.64. The van der Waals surface area contributed by atoms with Crippen molar-refractivity contribution in [2.45, 2.75) is 0 Å². The number of aliphatic imine (C=N–C) groups is 4. The summed E-state index contributed by atoms with van der Waals surface area (Å²) < 4.78 is 0. The van der Waals surface area contributed by atoms with Crippen molar-refractivity contribution in [2.75, 3.05) is 6.54 Å². The zero-order chi connectivity index (χ0) is 14.3. The van der Waals surface area contributed by atoms with Gasteiger partial charge in [0.25, 0.3) is 0 Å². The molecular weight excluding hydrogens is 260 g/mol. The van der Waals surface area contributed by atoms with E-state index in [0.29, 0.717) is 12.4 Å². The van der Waals surface area contributed by atoms with Gasteiger partial charge >= 0.3 is 0 Å². The Bertz CT molecular complexity index is 713. The Morgan fingerprint density at radius 3 is 1.95 bits per heavy atom. The molecule has 0 atom stereocenters. The zero-order valence-corrected chi connectivity index (χ0v) is 11.4. The molecule has 2 aromatic carbocycles. The van der Waals surface area contributed by atoms with Crippen molar-refractivity contribution in [1.82, 2.24) is 0 Å². The van der Waals surface area contributed by atoms with Crippen molar-refractivity contribution in [3.63, 3.8) is 0 Å². The van der Waals surface area contributed by atoms with Crippen molar-refractivity contribution >= 4 is 35.4 Å². The van der Waals surface area contributed by atoms with Crippen molar-refractivity contribution in [3.8, 4) is 0 Å². The number of benzene rings is 2. The van der Waals surface area contributed by atoms with E-state index in [2.05, 4.69) is 20.0 Å². The maximum atomic E-state index is 4.39. The molecular formula is C17H14N4. The van der Waals surface area contributed by atoms with Gasteiger partial charge in [-0.1, -0.05) is 36.4 Å². The maximum Gasteiger partial charge on any atom is 0.166 e. The highest BCUT2D eigenvalue weighted by Crippen LogP contribution is 2.10. The molecule has 0 radical (unpaired) electrons. The highest BCUT2D eigenvalue weighted by Gasteiger charge is 2.05. The van der Waals surface area contributed by atoms with E-state index in [-0.39, 0.29) is 0 Å². The molecule has 2 aromatic rings. The fraction of sp³-hybridized carbons (Fsp3) is 0.0588. The summed E-state index contributed by atoms with van der Waals surface area (Å²) in [6, 6.07) is 19.5. The largest absolute Gasteiger partial charge is 0.259 e. The molecule has 0 bridgehead atoms. The fourth-order valence-corrected chi connectivity index (χ4v) is 1.83. The van der Waals surface area contributed by atoms with Gasteiger partial charge in [-0.25, -0.2) is 4.99 Å². The van der Waals surface area contributed by atoms with Crippen LogP contribution in [0.4, 0.5) is 11.4 Å². The van der Waals surface area contributed by atoms with Gasteiger partial charge in [0.2, 0.25) is 0 Å². The summed E-state index contributed by atoms with van der Waals surface area (Å²) in [4.78, 5) is 17.4. The molecule has 0 amide bonds. The third-order valence-electron chi connectivity index (χ3n) is 2.87. The Kier molecular flexibility index (Phi) is 4.07. The van der Waals surface area contributed by atoms with Gasteiger partial charge in [0.1, 0.15) is 0 Å². The normalized spacial score (nSPS) is 14.7. The van der Waals surface area contributed by atoms with Crippen molar-refractivity contribution in [3.05, 3.63) is 60.7 Å². The molecule has 1 aliphatic rings. The van der Waals surface area contributed by atoms with Crippen LogP contribution in [0.1, 0.15) is 0 Å². The molecule has 4 heteroatoms. The summed E-state index contributed by atoms with van der Waals surface area (Å²) in [7, 11) is 0. The van der Waals surface area contributed by atoms with Crippen molar-refractivity contribution < 1.29 is 0 Å². The SMILES string of the molecule is C(=Nc1ccccc1)C1=NC(C=Nc2ccccc2)=NC1. The first-order chi connectivity index (χ1) is 10.4. The van der Waals surface area contributed by atoms with E-state index in [0.717, 1.165) is 17.1 Å². The number of nitrogens with zero attached hydrogens (tertiary/aromatic N) is 4. The second kappa shape index (κ2) is 6.52. The van der Waals surface area contributed by atoms with Crippen LogP contribution >= 0.6 is 0 Å². The van der Waals surface area contributed by atoms with Gasteiger partial charge in [-0.15, -0.1) is 0 Å². The fourth-order valence-electron chi connectivity index (χ4n) is 1.83. The van der Waals surface area contributed by atoms with E-state index in [4.69, 9.17) is 0 Å². The molecule has 1 heterocycles. The smallest absolute Gasteiger partial charge is 0.166 e. The molecule has 0 saturated carbocycles. The summed E-state index contributed by atoms with van der Waals surface area (Å²) in [6.45, 7) is 0.548. The van der Waals surface area contributed by atoms with E-state index in [1.165, 1.54) is 0 Å². The molecule has 102 valence electrons. The molecule has 0 N–H and O–H groups in total. The van der Waals surface area contributed by atoms with Crippen molar-refractivity contribution in [2.24, 2.45) is 20.0 Å². The Morgan fingerprint density at radius 2 is 1.33 bits per heavy atom. The molecule has 0 aromatic heterocycles. The summed E-state index contributed by atoms with van der Waals surface area (Å²) in [5, 5.41) is 0. The van der Waals surface area contributed by atoms with Crippen LogP contribution in [0.3, 0.4) is 0 Å². The van der Waals surface area contributed by atoms with Gasteiger partial charge in [-0.2, -0.15) is 0 Å². The first-order valence-corrected chi connectivity index (χ1v) is 6.70. The second-order valence-electron chi connectivity index (χ2n) is 4.47. The minimum Gasteiger partial charge on any atom is -0.259 e. The van der Waals surface area contributed by atoms with Crippen LogP contribution < -0.4 is 0 Å². The first-order valence-electron chi connectivity index (χ1n) is 6.70.